The number of amides is 2. The van der Waals surface area contributed by atoms with Gasteiger partial charge in [-0.15, -0.1) is 0 Å². The molecule has 1 spiro atoms. The number of nitrogens with zero attached hydrogens (tertiary/aromatic N) is 4. The van der Waals surface area contributed by atoms with Crippen LogP contribution in [0.3, 0.4) is 0 Å². The fraction of sp³-hybridized carbons (Fsp3) is 0.333. The number of hydrogen-bond donors (Lipinski definition) is 1. The minimum Gasteiger partial charge on any atom is -0.354 e. The van der Waals surface area contributed by atoms with Gasteiger partial charge in [-0.25, -0.2) is 4.98 Å². The number of anilines is 1. The van der Waals surface area contributed by atoms with Crippen LogP contribution < -0.4 is 10.2 Å². The molecule has 2 aliphatic heterocycles. The molecule has 3 aromatic rings. The Morgan fingerprint density at radius 2 is 2.10 bits per heavy atom. The summed E-state index contributed by atoms with van der Waals surface area (Å²) < 4.78 is 2.09. The molecule has 2 fully saturated rings. The number of rotatable bonds is 3. The first-order valence-corrected chi connectivity index (χ1v) is 10.1. The van der Waals surface area contributed by atoms with Crippen molar-refractivity contribution in [2.24, 2.45) is 0 Å². The van der Waals surface area contributed by atoms with Crippen LogP contribution in [-0.2, 0) is 21.5 Å². The number of nitrogens with one attached hydrogen (secondary N) is 1. The summed E-state index contributed by atoms with van der Waals surface area (Å²) in [5.74, 6) is 0.905. The van der Waals surface area contributed by atoms with Gasteiger partial charge in [-0.05, 0) is 42.7 Å². The maximum Gasteiger partial charge on any atom is 0.238 e. The first-order valence-electron chi connectivity index (χ1n) is 9.76. The lowest BCUT2D eigenvalue weighted by Gasteiger charge is -2.20. The lowest BCUT2D eigenvalue weighted by atomic mass is 9.99. The van der Waals surface area contributed by atoms with E-state index in [4.69, 9.17) is 16.6 Å². The van der Waals surface area contributed by atoms with Gasteiger partial charge in [0.15, 0.2) is 0 Å². The van der Waals surface area contributed by atoms with Crippen molar-refractivity contribution in [3.8, 4) is 0 Å². The average molecular weight is 408 g/mol. The first kappa shape index (κ1) is 17.0. The summed E-state index contributed by atoms with van der Waals surface area (Å²) in [7, 11) is 0. The molecule has 0 bridgehead atoms. The van der Waals surface area contributed by atoms with Gasteiger partial charge in [-0.2, -0.15) is 0 Å². The van der Waals surface area contributed by atoms with Gasteiger partial charge >= 0.3 is 0 Å². The van der Waals surface area contributed by atoms with E-state index >= 15 is 0 Å². The van der Waals surface area contributed by atoms with E-state index in [1.807, 2.05) is 24.3 Å². The van der Waals surface area contributed by atoms with Crippen LogP contribution in [0.5, 0.6) is 0 Å². The van der Waals surface area contributed by atoms with Gasteiger partial charge in [0.2, 0.25) is 11.8 Å². The van der Waals surface area contributed by atoms with Crippen molar-refractivity contribution in [2.45, 2.75) is 37.3 Å². The molecule has 6 rings (SSSR count). The second kappa shape index (κ2) is 5.79. The Bertz CT molecular complexity index is 1200. The lowest BCUT2D eigenvalue weighted by Crippen LogP contribution is -2.33. The molecular formula is C21H18ClN5O2. The van der Waals surface area contributed by atoms with Crippen molar-refractivity contribution in [1.82, 2.24) is 19.9 Å². The molecular weight excluding hydrogens is 390 g/mol. The van der Waals surface area contributed by atoms with Gasteiger partial charge in [0.05, 0.1) is 40.9 Å². The summed E-state index contributed by atoms with van der Waals surface area (Å²) in [4.78, 5) is 36.0. The molecule has 7 nitrogen and oxygen atoms in total. The third-order valence-electron chi connectivity index (χ3n) is 6.36. The monoisotopic (exact) mass is 407 g/mol. The van der Waals surface area contributed by atoms with Crippen LogP contribution in [0.2, 0.25) is 5.02 Å². The standard InChI is InChI=1S/C21H18ClN5O2/c22-12-1-2-16-15(7-12)25-18(27(16)13-8-19(28)24-9-13)11-26-17-10-23-6-3-14(17)21(4-5-21)20(26)29/h1-3,6-7,10,13H,4-5,8-9,11H2,(H,24,28). The Morgan fingerprint density at radius 1 is 1.24 bits per heavy atom. The van der Waals surface area contributed by atoms with Crippen LogP contribution in [0, 0.1) is 0 Å². The minimum absolute atomic E-state index is 0.0282. The van der Waals surface area contributed by atoms with Gasteiger partial charge in [-0.3, -0.25) is 14.6 Å². The summed E-state index contributed by atoms with van der Waals surface area (Å²) in [5.41, 5.74) is 3.26. The van der Waals surface area contributed by atoms with Crippen molar-refractivity contribution < 1.29 is 9.59 Å². The zero-order valence-electron chi connectivity index (χ0n) is 15.6. The quantitative estimate of drug-likeness (QED) is 0.724. The fourth-order valence-corrected chi connectivity index (χ4v) is 4.98. The zero-order valence-corrected chi connectivity index (χ0v) is 16.3. The van der Waals surface area contributed by atoms with Crippen LogP contribution in [-0.4, -0.2) is 32.9 Å². The lowest BCUT2D eigenvalue weighted by molar-refractivity contribution is -0.120. The second-order valence-corrected chi connectivity index (χ2v) is 8.50. The molecule has 2 amide bonds. The van der Waals surface area contributed by atoms with Gasteiger partial charge in [0.1, 0.15) is 5.82 Å². The van der Waals surface area contributed by atoms with Gasteiger partial charge in [-0.1, -0.05) is 11.6 Å². The van der Waals surface area contributed by atoms with Gasteiger partial charge < -0.3 is 14.8 Å². The molecule has 4 heterocycles. The van der Waals surface area contributed by atoms with Crippen LogP contribution in [0.4, 0.5) is 5.69 Å². The van der Waals surface area contributed by atoms with Crippen molar-refractivity contribution in [2.75, 3.05) is 11.4 Å². The van der Waals surface area contributed by atoms with Gasteiger partial charge in [0, 0.05) is 24.2 Å². The Hall–Kier alpha value is -2.93. The van der Waals surface area contributed by atoms with Crippen molar-refractivity contribution in [3.05, 3.63) is 53.1 Å². The number of hydrogen-bond acceptors (Lipinski definition) is 4. The number of carbonyl (C=O) groups excluding carboxylic acids is 2. The summed E-state index contributed by atoms with van der Waals surface area (Å²) in [6.07, 6.45) is 5.68. The second-order valence-electron chi connectivity index (χ2n) is 8.06. The Balaban J connectivity index is 1.47. The normalized spacial score (nSPS) is 21.8. The van der Waals surface area contributed by atoms with E-state index in [0.717, 1.165) is 41.0 Å². The van der Waals surface area contributed by atoms with Crippen LogP contribution in [0.1, 0.15) is 36.7 Å². The molecule has 146 valence electrons. The highest BCUT2D eigenvalue weighted by Gasteiger charge is 2.59. The summed E-state index contributed by atoms with van der Waals surface area (Å²) in [6, 6.07) is 7.51. The van der Waals surface area contributed by atoms with Crippen molar-refractivity contribution in [1.29, 1.82) is 0 Å². The number of benzene rings is 1. The third-order valence-corrected chi connectivity index (χ3v) is 6.59. The zero-order chi connectivity index (χ0) is 19.8. The van der Waals surface area contributed by atoms with E-state index in [9.17, 15) is 9.59 Å². The SMILES string of the molecule is O=C1CC(n2c(CN3C(=O)C4(CC4)c4ccncc43)nc3cc(Cl)ccc32)CN1. The predicted molar refractivity (Wildman–Crippen MR) is 108 cm³/mol. The average Bonchev–Trinajstić information content (AvgIpc) is 3.22. The summed E-state index contributed by atoms with van der Waals surface area (Å²) in [6.45, 7) is 0.895. The van der Waals surface area contributed by atoms with E-state index in [1.165, 1.54) is 0 Å². The number of imidazole rings is 1. The Morgan fingerprint density at radius 3 is 2.86 bits per heavy atom. The molecule has 1 unspecified atom stereocenters. The number of halogens is 1. The maximum absolute atomic E-state index is 13.3. The number of fused-ring (bicyclic) bond motifs is 3. The van der Waals surface area contributed by atoms with E-state index in [0.29, 0.717) is 24.5 Å². The highest BCUT2D eigenvalue weighted by Crippen LogP contribution is 2.57. The van der Waals surface area contributed by atoms with Crippen molar-refractivity contribution in [3.63, 3.8) is 0 Å². The van der Waals surface area contributed by atoms with Crippen LogP contribution in [0.15, 0.2) is 36.7 Å². The minimum atomic E-state index is -0.372. The highest BCUT2D eigenvalue weighted by molar-refractivity contribution is 6.31. The smallest absolute Gasteiger partial charge is 0.238 e. The number of aromatic nitrogens is 3. The molecule has 1 atom stereocenters. The largest absolute Gasteiger partial charge is 0.354 e. The number of pyridine rings is 1. The summed E-state index contributed by atoms with van der Waals surface area (Å²) >= 11 is 6.18. The van der Waals surface area contributed by atoms with E-state index < -0.39 is 0 Å². The Kier molecular flexibility index (Phi) is 3.39. The predicted octanol–water partition coefficient (Wildman–Crippen LogP) is 2.72. The van der Waals surface area contributed by atoms with Crippen molar-refractivity contribution >= 4 is 40.1 Å². The van der Waals surface area contributed by atoms with E-state index in [2.05, 4.69) is 14.9 Å². The molecule has 0 radical (unpaired) electrons. The fourth-order valence-electron chi connectivity index (χ4n) is 4.81. The molecule has 3 aliphatic rings. The van der Waals surface area contributed by atoms with Crippen LogP contribution in [0.25, 0.3) is 11.0 Å². The molecule has 1 aliphatic carbocycles. The summed E-state index contributed by atoms with van der Waals surface area (Å²) in [5, 5.41) is 3.51. The molecule has 1 N–H and O–H groups in total. The van der Waals surface area contributed by atoms with E-state index in [-0.39, 0.29) is 23.3 Å². The van der Waals surface area contributed by atoms with Gasteiger partial charge in [0.25, 0.3) is 0 Å². The molecule has 8 heteroatoms. The number of carbonyl (C=O) groups is 2. The topological polar surface area (TPSA) is 80.1 Å². The molecule has 1 saturated heterocycles. The maximum atomic E-state index is 13.3. The molecule has 1 aromatic carbocycles. The molecule has 2 aromatic heterocycles. The molecule has 1 saturated carbocycles. The third kappa shape index (κ3) is 2.37. The molecule has 29 heavy (non-hydrogen) atoms. The van der Waals surface area contributed by atoms with E-state index in [1.54, 1.807) is 17.3 Å². The first-order chi connectivity index (χ1) is 14.1. The highest BCUT2D eigenvalue weighted by atomic mass is 35.5. The Labute approximate surface area is 171 Å². The van der Waals surface area contributed by atoms with Crippen LogP contribution >= 0.6 is 11.6 Å².